The molecule has 2 aliphatic carbocycles. The summed E-state index contributed by atoms with van der Waals surface area (Å²) in [5.41, 5.74) is 9.00. The first-order valence-electron chi connectivity index (χ1n) is 7.16. The molecule has 1 aromatic carbocycles. The molecule has 2 unspecified atom stereocenters. The van der Waals surface area contributed by atoms with Crippen LogP contribution in [0, 0.1) is 11.7 Å². The van der Waals surface area contributed by atoms with Crippen molar-refractivity contribution in [2.75, 3.05) is 0 Å². The Kier molecular flexibility index (Phi) is 2.93. The minimum absolute atomic E-state index is 0.0270. The fourth-order valence-electron chi connectivity index (χ4n) is 4.03. The summed E-state index contributed by atoms with van der Waals surface area (Å²) in [7, 11) is 0. The Morgan fingerprint density at radius 1 is 1.28 bits per heavy atom. The van der Waals surface area contributed by atoms with Gasteiger partial charge in [0.15, 0.2) is 0 Å². The molecule has 1 saturated carbocycles. The predicted molar refractivity (Wildman–Crippen MR) is 72.0 cm³/mol. The number of nitrogens with two attached hydrogens (primary N) is 1. The average Bonchev–Trinajstić information content (AvgIpc) is 2.35. The second-order valence-electron chi connectivity index (χ2n) is 6.31. The normalized spacial score (nSPS) is 35.5. The Morgan fingerprint density at radius 2 is 2.11 bits per heavy atom. The van der Waals surface area contributed by atoms with Crippen LogP contribution in [0.25, 0.3) is 0 Å². The van der Waals surface area contributed by atoms with Crippen LogP contribution in [0.5, 0.6) is 0 Å². The number of hydrogen-bond acceptors (Lipinski definition) is 1. The van der Waals surface area contributed by atoms with Gasteiger partial charge in [-0.3, -0.25) is 0 Å². The highest BCUT2D eigenvalue weighted by Gasteiger charge is 2.43. The molecule has 0 aliphatic heterocycles. The Morgan fingerprint density at radius 3 is 2.94 bits per heavy atom. The van der Waals surface area contributed by atoms with Gasteiger partial charge in [-0.25, -0.2) is 4.39 Å². The fraction of sp³-hybridized carbons (Fsp3) is 0.625. The lowest BCUT2D eigenvalue weighted by atomic mass is 9.60. The summed E-state index contributed by atoms with van der Waals surface area (Å²) >= 11 is 0. The summed E-state index contributed by atoms with van der Waals surface area (Å²) < 4.78 is 13.6. The summed E-state index contributed by atoms with van der Waals surface area (Å²) in [6, 6.07) is 5.49. The van der Waals surface area contributed by atoms with E-state index in [0.717, 1.165) is 12.8 Å². The third kappa shape index (κ3) is 1.78. The van der Waals surface area contributed by atoms with E-state index in [4.69, 9.17) is 5.73 Å². The van der Waals surface area contributed by atoms with Crippen LogP contribution in [-0.4, -0.2) is 6.04 Å². The van der Waals surface area contributed by atoms with E-state index < -0.39 is 0 Å². The van der Waals surface area contributed by atoms with Gasteiger partial charge in [0.1, 0.15) is 5.82 Å². The number of benzene rings is 1. The minimum atomic E-state index is -0.123. The molecular weight excluding hydrogens is 225 g/mol. The van der Waals surface area contributed by atoms with Gasteiger partial charge in [0.05, 0.1) is 0 Å². The summed E-state index contributed by atoms with van der Waals surface area (Å²) in [6.07, 6.45) is 7.17. The first-order valence-corrected chi connectivity index (χ1v) is 7.16. The highest BCUT2D eigenvalue weighted by molar-refractivity contribution is 5.39. The quantitative estimate of drug-likeness (QED) is 0.745. The largest absolute Gasteiger partial charge is 0.327 e. The van der Waals surface area contributed by atoms with Crippen molar-refractivity contribution < 1.29 is 4.39 Å². The monoisotopic (exact) mass is 247 g/mol. The third-order valence-electron chi connectivity index (χ3n) is 5.18. The molecule has 1 nitrogen and oxygen atoms in total. The van der Waals surface area contributed by atoms with Crippen molar-refractivity contribution in [3.63, 3.8) is 0 Å². The number of hydrogen-bond donors (Lipinski definition) is 1. The molecule has 0 heterocycles. The Bertz CT molecular complexity index is 456. The van der Waals surface area contributed by atoms with Crippen molar-refractivity contribution in [1.82, 2.24) is 0 Å². The second kappa shape index (κ2) is 4.34. The summed E-state index contributed by atoms with van der Waals surface area (Å²) in [4.78, 5) is 0. The molecule has 3 atom stereocenters. The number of halogens is 1. The minimum Gasteiger partial charge on any atom is -0.327 e. The highest BCUT2D eigenvalue weighted by atomic mass is 19.1. The molecule has 18 heavy (non-hydrogen) atoms. The Labute approximate surface area is 109 Å². The highest BCUT2D eigenvalue weighted by Crippen LogP contribution is 2.45. The van der Waals surface area contributed by atoms with Crippen molar-refractivity contribution in [2.24, 2.45) is 11.7 Å². The maximum absolute atomic E-state index is 13.6. The lowest BCUT2D eigenvalue weighted by Crippen LogP contribution is -2.52. The van der Waals surface area contributed by atoms with Crippen LogP contribution in [0.2, 0.25) is 0 Å². The number of fused-ring (bicyclic) bond motifs is 4. The van der Waals surface area contributed by atoms with E-state index in [1.807, 2.05) is 6.07 Å². The van der Waals surface area contributed by atoms with Gasteiger partial charge in [-0.2, -0.15) is 0 Å². The Balaban J connectivity index is 2.11. The van der Waals surface area contributed by atoms with Gasteiger partial charge in [-0.15, -0.1) is 0 Å². The van der Waals surface area contributed by atoms with Crippen LogP contribution < -0.4 is 5.73 Å². The van der Waals surface area contributed by atoms with Gasteiger partial charge in [0.2, 0.25) is 0 Å². The molecular formula is C16H22FN. The zero-order chi connectivity index (χ0) is 12.8. The number of rotatable bonds is 0. The van der Waals surface area contributed by atoms with Crippen LogP contribution in [0.4, 0.5) is 4.39 Å². The third-order valence-corrected chi connectivity index (χ3v) is 5.18. The Hall–Kier alpha value is -0.890. The maximum atomic E-state index is 13.6. The van der Waals surface area contributed by atoms with Crippen molar-refractivity contribution in [3.05, 3.63) is 35.1 Å². The van der Waals surface area contributed by atoms with E-state index in [1.165, 1.54) is 36.8 Å². The van der Waals surface area contributed by atoms with Gasteiger partial charge in [0.25, 0.3) is 0 Å². The predicted octanol–water partition coefficient (Wildman–Crippen LogP) is 3.55. The molecule has 98 valence electrons. The SMILES string of the molecule is C[C@@]12CCCCCC(Cc3ccc(F)cc31)C2N. The molecule has 2 heteroatoms. The molecule has 3 rings (SSSR count). The molecule has 1 fully saturated rings. The maximum Gasteiger partial charge on any atom is 0.123 e. The molecule has 0 aromatic heterocycles. The van der Waals surface area contributed by atoms with E-state index in [0.29, 0.717) is 5.92 Å². The van der Waals surface area contributed by atoms with Crippen LogP contribution in [0.3, 0.4) is 0 Å². The summed E-state index contributed by atoms with van der Waals surface area (Å²) in [5, 5.41) is 0. The molecule has 0 saturated heterocycles. The molecule has 0 spiro atoms. The topological polar surface area (TPSA) is 26.0 Å². The van der Waals surface area contributed by atoms with E-state index in [1.54, 1.807) is 12.1 Å². The zero-order valence-electron chi connectivity index (χ0n) is 11.1. The zero-order valence-corrected chi connectivity index (χ0v) is 11.1. The van der Waals surface area contributed by atoms with Gasteiger partial charge in [-0.05, 0) is 48.4 Å². The lowest BCUT2D eigenvalue weighted by Gasteiger charge is -2.47. The molecule has 2 N–H and O–H groups in total. The molecule has 0 amide bonds. The summed E-state index contributed by atoms with van der Waals surface area (Å²) in [6.45, 7) is 2.24. The van der Waals surface area contributed by atoms with E-state index in [-0.39, 0.29) is 17.3 Å². The van der Waals surface area contributed by atoms with Crippen LogP contribution in [0.15, 0.2) is 18.2 Å². The van der Waals surface area contributed by atoms with Crippen molar-refractivity contribution >= 4 is 0 Å². The van der Waals surface area contributed by atoms with Gasteiger partial charge >= 0.3 is 0 Å². The first-order chi connectivity index (χ1) is 8.61. The standard InChI is InChI=1S/C16H22FN/c1-16-8-4-2-3-5-12(15(16)18)9-11-6-7-13(17)10-14(11)16/h6-7,10,12,15H,2-5,8-9,18H2,1H3/t12?,15?,16-/m1/s1. The van der Waals surface area contributed by atoms with Gasteiger partial charge < -0.3 is 5.73 Å². The van der Waals surface area contributed by atoms with Crippen molar-refractivity contribution in [1.29, 1.82) is 0 Å². The van der Waals surface area contributed by atoms with Crippen LogP contribution in [-0.2, 0) is 11.8 Å². The van der Waals surface area contributed by atoms with E-state index in [2.05, 4.69) is 6.92 Å². The fourth-order valence-corrected chi connectivity index (χ4v) is 4.03. The first kappa shape index (κ1) is 12.2. The van der Waals surface area contributed by atoms with Crippen molar-refractivity contribution in [3.8, 4) is 0 Å². The molecule has 2 bridgehead atoms. The molecule has 0 radical (unpaired) electrons. The average molecular weight is 247 g/mol. The van der Waals surface area contributed by atoms with Crippen LogP contribution in [0.1, 0.15) is 50.2 Å². The molecule has 2 aliphatic rings. The lowest BCUT2D eigenvalue weighted by molar-refractivity contribution is 0.201. The van der Waals surface area contributed by atoms with Gasteiger partial charge in [-0.1, -0.05) is 32.3 Å². The van der Waals surface area contributed by atoms with Gasteiger partial charge in [0, 0.05) is 11.5 Å². The van der Waals surface area contributed by atoms with E-state index in [9.17, 15) is 4.39 Å². The van der Waals surface area contributed by atoms with Crippen molar-refractivity contribution in [2.45, 2.75) is 56.9 Å². The smallest absolute Gasteiger partial charge is 0.123 e. The second-order valence-corrected chi connectivity index (χ2v) is 6.31. The molecule has 1 aromatic rings. The summed E-state index contributed by atoms with van der Waals surface area (Å²) in [5.74, 6) is 0.455. The van der Waals surface area contributed by atoms with Crippen LogP contribution >= 0.6 is 0 Å². The van der Waals surface area contributed by atoms with E-state index >= 15 is 0 Å².